The number of piperazine rings is 1. The largest absolute Gasteiger partial charge is 0.381 e. The molecule has 3 atom stereocenters. The fourth-order valence-electron chi connectivity index (χ4n) is 5.58. The van der Waals surface area contributed by atoms with Crippen molar-refractivity contribution in [2.45, 2.75) is 32.4 Å². The van der Waals surface area contributed by atoms with Crippen LogP contribution >= 0.6 is 0 Å². The van der Waals surface area contributed by atoms with E-state index in [4.69, 9.17) is 4.74 Å². The Labute approximate surface area is 230 Å². The van der Waals surface area contributed by atoms with Gasteiger partial charge in [-0.15, -0.1) is 0 Å². The number of ether oxygens (including phenoxy) is 1. The molecule has 2 aliphatic heterocycles. The molecule has 2 aliphatic rings. The lowest BCUT2D eigenvalue weighted by atomic mass is 10.0. The van der Waals surface area contributed by atoms with Crippen LogP contribution in [0.1, 0.15) is 30.6 Å². The molecule has 2 fully saturated rings. The SMILES string of the molecule is C[C@H]1CN(c2ccc(C(=O)Nc3cc(F)c4nn(C)cc4c3)c3nc(NC(=O)[C@H]4CCOC4)ncc23)C[C@H](C)N1. The van der Waals surface area contributed by atoms with Gasteiger partial charge >= 0.3 is 0 Å². The summed E-state index contributed by atoms with van der Waals surface area (Å²) in [5.74, 6) is -1.36. The van der Waals surface area contributed by atoms with Gasteiger partial charge in [0, 0.05) is 73.4 Å². The number of rotatable bonds is 5. The molecule has 2 amide bonds. The van der Waals surface area contributed by atoms with Gasteiger partial charge in [0.05, 0.1) is 23.6 Å². The van der Waals surface area contributed by atoms with Crippen LogP contribution in [0.15, 0.2) is 36.7 Å². The van der Waals surface area contributed by atoms with Crippen LogP contribution in [0.4, 0.5) is 21.7 Å². The molecular formula is C28H31FN8O3. The van der Waals surface area contributed by atoms with Gasteiger partial charge in [-0.3, -0.25) is 19.6 Å². The van der Waals surface area contributed by atoms with Gasteiger partial charge in [-0.1, -0.05) is 0 Å². The molecule has 12 heteroatoms. The summed E-state index contributed by atoms with van der Waals surface area (Å²) in [5.41, 5.74) is 2.11. The van der Waals surface area contributed by atoms with E-state index < -0.39 is 11.7 Å². The third-order valence-corrected chi connectivity index (χ3v) is 7.34. The molecule has 0 saturated carbocycles. The van der Waals surface area contributed by atoms with Crippen LogP contribution in [-0.2, 0) is 16.6 Å². The first-order valence-electron chi connectivity index (χ1n) is 13.4. The van der Waals surface area contributed by atoms with E-state index in [0.717, 1.165) is 18.8 Å². The number of aromatic nitrogens is 4. The van der Waals surface area contributed by atoms with E-state index >= 15 is 0 Å². The second-order valence-corrected chi connectivity index (χ2v) is 10.7. The van der Waals surface area contributed by atoms with Crippen molar-refractivity contribution in [1.82, 2.24) is 25.1 Å². The number of halogens is 1. The lowest BCUT2D eigenvalue weighted by Crippen LogP contribution is -2.54. The quantitative estimate of drug-likeness (QED) is 0.349. The molecule has 4 aromatic rings. The maximum absolute atomic E-state index is 14.7. The van der Waals surface area contributed by atoms with Crippen molar-refractivity contribution in [1.29, 1.82) is 0 Å². The highest BCUT2D eigenvalue weighted by atomic mass is 19.1. The van der Waals surface area contributed by atoms with E-state index in [1.54, 1.807) is 31.6 Å². The standard InChI is InChI=1S/C28H31FN8O3/c1-15-11-37(12-16(2)31-15)23-5-4-20(27(39)32-19-8-18-13-36(3)35-24(18)22(29)9-19)25-21(23)10-30-28(33-25)34-26(38)17-6-7-40-14-17/h4-5,8-10,13,15-17,31H,6-7,11-12,14H2,1-3H3,(H,32,39)(H,30,33,34,38)/t15-,16-,17-/m0/s1. The van der Waals surface area contributed by atoms with Gasteiger partial charge in [0.25, 0.3) is 5.91 Å². The Hall–Kier alpha value is -4.16. The van der Waals surface area contributed by atoms with E-state index in [1.807, 2.05) is 6.07 Å². The summed E-state index contributed by atoms with van der Waals surface area (Å²) < 4.78 is 21.5. The first kappa shape index (κ1) is 26.1. The smallest absolute Gasteiger partial charge is 0.257 e. The summed E-state index contributed by atoms with van der Waals surface area (Å²) in [6.07, 6.45) is 3.97. The monoisotopic (exact) mass is 546 g/mol. The summed E-state index contributed by atoms with van der Waals surface area (Å²) in [6, 6.07) is 7.07. The zero-order valence-corrected chi connectivity index (χ0v) is 22.6. The highest BCUT2D eigenvalue weighted by Crippen LogP contribution is 2.31. The number of fused-ring (bicyclic) bond motifs is 2. The van der Waals surface area contributed by atoms with Gasteiger partial charge in [0.1, 0.15) is 5.52 Å². The topological polar surface area (TPSA) is 126 Å². The van der Waals surface area contributed by atoms with Gasteiger partial charge in [-0.2, -0.15) is 5.10 Å². The van der Waals surface area contributed by atoms with Crippen LogP contribution in [0.5, 0.6) is 0 Å². The summed E-state index contributed by atoms with van der Waals surface area (Å²) in [4.78, 5) is 37.6. The second kappa shape index (κ2) is 10.4. The van der Waals surface area contributed by atoms with Gasteiger partial charge in [0.15, 0.2) is 5.82 Å². The number of nitrogens with zero attached hydrogens (tertiary/aromatic N) is 5. The minimum atomic E-state index is -0.529. The molecule has 0 radical (unpaired) electrons. The maximum Gasteiger partial charge on any atom is 0.257 e. The first-order valence-corrected chi connectivity index (χ1v) is 13.4. The van der Waals surface area contributed by atoms with E-state index in [0.29, 0.717) is 41.6 Å². The molecule has 6 rings (SSSR count). The third kappa shape index (κ3) is 5.07. The number of benzene rings is 2. The van der Waals surface area contributed by atoms with Crippen molar-refractivity contribution in [2.75, 3.05) is 41.8 Å². The Morgan fingerprint density at radius 2 is 1.93 bits per heavy atom. The lowest BCUT2D eigenvalue weighted by Gasteiger charge is -2.38. The van der Waals surface area contributed by atoms with Crippen LogP contribution < -0.4 is 20.9 Å². The number of hydrogen-bond acceptors (Lipinski definition) is 8. The van der Waals surface area contributed by atoms with Crippen molar-refractivity contribution in [2.24, 2.45) is 13.0 Å². The Morgan fingerprint density at radius 1 is 1.12 bits per heavy atom. The Kier molecular flexibility index (Phi) is 6.80. The molecular weight excluding hydrogens is 515 g/mol. The van der Waals surface area contributed by atoms with E-state index in [-0.39, 0.29) is 40.9 Å². The van der Waals surface area contributed by atoms with E-state index in [1.165, 1.54) is 10.7 Å². The van der Waals surface area contributed by atoms with Crippen LogP contribution in [-0.4, -0.2) is 69.9 Å². The predicted molar refractivity (Wildman–Crippen MR) is 150 cm³/mol. The summed E-state index contributed by atoms with van der Waals surface area (Å²) in [6.45, 7) is 6.69. The van der Waals surface area contributed by atoms with Crippen molar-refractivity contribution in [3.8, 4) is 0 Å². The van der Waals surface area contributed by atoms with Crippen LogP contribution in [0, 0.1) is 11.7 Å². The highest BCUT2D eigenvalue weighted by Gasteiger charge is 2.27. The van der Waals surface area contributed by atoms with Crippen molar-refractivity contribution in [3.05, 3.63) is 48.0 Å². The molecule has 2 aromatic heterocycles. The van der Waals surface area contributed by atoms with Gasteiger partial charge in [0.2, 0.25) is 11.9 Å². The zero-order valence-electron chi connectivity index (χ0n) is 22.6. The van der Waals surface area contributed by atoms with Gasteiger partial charge in [-0.05, 0) is 44.5 Å². The van der Waals surface area contributed by atoms with Gasteiger partial charge in [-0.25, -0.2) is 14.4 Å². The minimum Gasteiger partial charge on any atom is -0.381 e. The van der Waals surface area contributed by atoms with Crippen LogP contribution in [0.3, 0.4) is 0 Å². The van der Waals surface area contributed by atoms with Crippen molar-refractivity contribution >= 4 is 50.9 Å². The maximum atomic E-state index is 14.7. The number of carbonyl (C=O) groups excluding carboxylic acids is 2. The summed E-state index contributed by atoms with van der Waals surface area (Å²) in [7, 11) is 1.71. The molecule has 40 heavy (non-hydrogen) atoms. The molecule has 3 N–H and O–H groups in total. The predicted octanol–water partition coefficient (Wildman–Crippen LogP) is 3.07. The zero-order chi connectivity index (χ0) is 28.0. The average Bonchev–Trinajstić information content (AvgIpc) is 3.57. The number of hydrogen-bond donors (Lipinski definition) is 3. The average molecular weight is 547 g/mol. The molecule has 0 bridgehead atoms. The highest BCUT2D eigenvalue weighted by molar-refractivity contribution is 6.14. The molecule has 2 aromatic carbocycles. The molecule has 2 saturated heterocycles. The number of nitrogens with one attached hydrogen (secondary N) is 3. The van der Waals surface area contributed by atoms with Crippen LogP contribution in [0.25, 0.3) is 21.8 Å². The van der Waals surface area contributed by atoms with Crippen LogP contribution in [0.2, 0.25) is 0 Å². The summed E-state index contributed by atoms with van der Waals surface area (Å²) in [5, 5.41) is 14.5. The molecule has 0 spiro atoms. The van der Waals surface area contributed by atoms with Crippen molar-refractivity contribution < 1.29 is 18.7 Å². The minimum absolute atomic E-state index is 0.112. The molecule has 208 valence electrons. The number of anilines is 3. The number of carbonyl (C=O) groups is 2. The Balaban J connectivity index is 1.38. The fraction of sp³-hybridized carbons (Fsp3) is 0.393. The first-order chi connectivity index (χ1) is 19.2. The molecule has 11 nitrogen and oxygen atoms in total. The van der Waals surface area contributed by atoms with E-state index in [2.05, 4.69) is 49.8 Å². The number of amides is 2. The lowest BCUT2D eigenvalue weighted by molar-refractivity contribution is -0.119. The van der Waals surface area contributed by atoms with Gasteiger partial charge < -0.3 is 20.3 Å². The fourth-order valence-corrected chi connectivity index (χ4v) is 5.58. The summed E-state index contributed by atoms with van der Waals surface area (Å²) >= 11 is 0. The molecule has 0 unspecified atom stereocenters. The third-order valence-electron chi connectivity index (χ3n) is 7.34. The number of aryl methyl sites for hydroxylation is 1. The Morgan fingerprint density at radius 3 is 2.67 bits per heavy atom. The van der Waals surface area contributed by atoms with Crippen molar-refractivity contribution in [3.63, 3.8) is 0 Å². The van der Waals surface area contributed by atoms with E-state index in [9.17, 15) is 14.0 Å². The normalized spacial score (nSPS) is 21.2. The Bertz CT molecular complexity index is 1610. The molecule has 4 heterocycles. The molecule has 0 aliphatic carbocycles. The second-order valence-electron chi connectivity index (χ2n) is 10.7.